The van der Waals surface area contributed by atoms with E-state index in [4.69, 9.17) is 0 Å². The van der Waals surface area contributed by atoms with Crippen molar-refractivity contribution >= 4 is 17.3 Å². The van der Waals surface area contributed by atoms with Crippen molar-refractivity contribution in [2.45, 2.75) is 56.9 Å². The van der Waals surface area contributed by atoms with Crippen LogP contribution in [0.2, 0.25) is 0 Å². The van der Waals surface area contributed by atoms with Gasteiger partial charge in [-0.2, -0.15) is 0 Å². The highest BCUT2D eigenvalue weighted by atomic mass is 16.6. The molecular formula is C22H29N3O3. The predicted octanol–water partition coefficient (Wildman–Crippen LogP) is 3.90. The predicted molar refractivity (Wildman–Crippen MR) is 107 cm³/mol. The lowest BCUT2D eigenvalue weighted by atomic mass is 9.53. The van der Waals surface area contributed by atoms with Crippen molar-refractivity contribution in [1.82, 2.24) is 5.32 Å². The van der Waals surface area contributed by atoms with Crippen LogP contribution in [0.4, 0.5) is 11.4 Å². The van der Waals surface area contributed by atoms with E-state index in [1.54, 1.807) is 12.1 Å². The van der Waals surface area contributed by atoms with Gasteiger partial charge in [0.1, 0.15) is 0 Å². The van der Waals surface area contributed by atoms with Crippen LogP contribution < -0.4 is 10.2 Å². The first-order chi connectivity index (χ1) is 13.5. The van der Waals surface area contributed by atoms with Crippen molar-refractivity contribution < 1.29 is 9.72 Å². The fourth-order valence-electron chi connectivity index (χ4n) is 6.81. The van der Waals surface area contributed by atoms with E-state index in [-0.39, 0.29) is 28.0 Å². The molecule has 0 aromatic heterocycles. The van der Waals surface area contributed by atoms with Gasteiger partial charge in [0.25, 0.3) is 5.69 Å². The summed E-state index contributed by atoms with van der Waals surface area (Å²) in [4.78, 5) is 25.7. The number of hydrogen-bond acceptors (Lipinski definition) is 4. The molecule has 0 radical (unpaired) electrons. The number of piperidine rings is 1. The average Bonchev–Trinajstić information content (AvgIpc) is 2.67. The Balaban J connectivity index is 1.18. The molecule has 6 nitrogen and oxygen atoms in total. The molecular weight excluding hydrogens is 354 g/mol. The van der Waals surface area contributed by atoms with E-state index in [1.165, 1.54) is 38.5 Å². The quantitative estimate of drug-likeness (QED) is 0.632. The maximum Gasteiger partial charge on any atom is 0.269 e. The summed E-state index contributed by atoms with van der Waals surface area (Å²) < 4.78 is 0. The van der Waals surface area contributed by atoms with Gasteiger partial charge in [-0.1, -0.05) is 0 Å². The Bertz CT molecular complexity index is 732. The van der Waals surface area contributed by atoms with Crippen LogP contribution >= 0.6 is 0 Å². The van der Waals surface area contributed by atoms with E-state index in [0.717, 1.165) is 49.4 Å². The highest BCUT2D eigenvalue weighted by molar-refractivity contribution is 5.80. The number of carbonyl (C=O) groups is 1. The molecule has 6 rings (SSSR count). The topological polar surface area (TPSA) is 75.5 Å². The number of nitro benzene ring substituents is 1. The van der Waals surface area contributed by atoms with Crippen molar-refractivity contribution in [3.8, 4) is 0 Å². The van der Waals surface area contributed by atoms with Crippen molar-refractivity contribution in [3.63, 3.8) is 0 Å². The molecule has 1 amide bonds. The average molecular weight is 383 g/mol. The van der Waals surface area contributed by atoms with Gasteiger partial charge in [0.15, 0.2) is 0 Å². The normalized spacial score (nSPS) is 34.4. The van der Waals surface area contributed by atoms with Gasteiger partial charge in [0.2, 0.25) is 5.91 Å². The first kappa shape index (κ1) is 18.0. The summed E-state index contributed by atoms with van der Waals surface area (Å²) in [6.45, 7) is 1.66. The number of rotatable bonds is 4. The number of benzene rings is 1. The number of nitro groups is 1. The van der Waals surface area contributed by atoms with Crippen LogP contribution in [-0.2, 0) is 4.79 Å². The van der Waals surface area contributed by atoms with E-state index in [2.05, 4.69) is 10.2 Å². The molecule has 1 aromatic carbocycles. The minimum absolute atomic E-state index is 0.0985. The molecule has 0 unspecified atom stereocenters. The minimum atomic E-state index is -0.370. The number of nitrogens with one attached hydrogen (secondary N) is 1. The SMILES string of the molecule is O=C(NC12CC3CC(CC(C3)C1)C2)C1CCN(c2ccc([N+](=O)[O-])cc2)CC1. The zero-order chi connectivity index (χ0) is 19.3. The van der Waals surface area contributed by atoms with Crippen LogP contribution in [-0.4, -0.2) is 29.5 Å². The molecule has 1 N–H and O–H groups in total. The van der Waals surface area contributed by atoms with Gasteiger partial charge in [-0.05, 0) is 81.3 Å². The molecule has 1 saturated heterocycles. The van der Waals surface area contributed by atoms with Crippen LogP contribution in [0.1, 0.15) is 51.4 Å². The molecule has 0 spiro atoms. The van der Waals surface area contributed by atoms with Gasteiger partial charge < -0.3 is 10.2 Å². The Morgan fingerprint density at radius 2 is 1.54 bits per heavy atom. The van der Waals surface area contributed by atoms with Gasteiger partial charge in [-0.25, -0.2) is 0 Å². The first-order valence-corrected chi connectivity index (χ1v) is 10.8. The Kier molecular flexibility index (Phi) is 4.33. The summed E-state index contributed by atoms with van der Waals surface area (Å²) in [5.74, 6) is 2.90. The standard InChI is InChI=1S/C22H29N3O3/c26-21(23-22-12-15-9-16(13-22)11-17(10-15)14-22)18-5-7-24(8-6-18)19-1-3-20(4-2-19)25(27)28/h1-4,15-18H,5-14H2,(H,23,26). The molecule has 4 saturated carbocycles. The zero-order valence-electron chi connectivity index (χ0n) is 16.3. The molecule has 1 aromatic rings. The third-order valence-corrected chi connectivity index (χ3v) is 7.72. The highest BCUT2D eigenvalue weighted by Crippen LogP contribution is 2.55. The maximum absolute atomic E-state index is 13.0. The molecule has 6 heteroatoms. The fourth-order valence-corrected chi connectivity index (χ4v) is 6.81. The number of amides is 1. The molecule has 4 bridgehead atoms. The molecule has 5 fully saturated rings. The van der Waals surface area contributed by atoms with Gasteiger partial charge in [0, 0.05) is 42.4 Å². The van der Waals surface area contributed by atoms with Crippen molar-refractivity contribution in [2.75, 3.05) is 18.0 Å². The van der Waals surface area contributed by atoms with E-state index in [0.29, 0.717) is 0 Å². The Morgan fingerprint density at radius 3 is 2.04 bits per heavy atom. The first-order valence-electron chi connectivity index (χ1n) is 10.8. The second-order valence-electron chi connectivity index (χ2n) is 9.72. The Labute approximate surface area is 165 Å². The minimum Gasteiger partial charge on any atom is -0.371 e. The van der Waals surface area contributed by atoms with Crippen LogP contribution in [0, 0.1) is 33.8 Å². The molecule has 1 heterocycles. The summed E-state index contributed by atoms with van der Waals surface area (Å²) >= 11 is 0. The number of carbonyl (C=O) groups excluding carboxylic acids is 1. The third-order valence-electron chi connectivity index (χ3n) is 7.72. The fraction of sp³-hybridized carbons (Fsp3) is 0.682. The number of nitrogens with zero attached hydrogens (tertiary/aromatic N) is 2. The molecule has 150 valence electrons. The molecule has 28 heavy (non-hydrogen) atoms. The van der Waals surface area contributed by atoms with E-state index < -0.39 is 0 Å². The van der Waals surface area contributed by atoms with E-state index in [1.807, 2.05) is 12.1 Å². The lowest BCUT2D eigenvalue weighted by molar-refractivity contribution is -0.384. The van der Waals surface area contributed by atoms with Gasteiger partial charge >= 0.3 is 0 Å². The summed E-state index contributed by atoms with van der Waals surface area (Å²) in [6.07, 6.45) is 9.49. The zero-order valence-corrected chi connectivity index (χ0v) is 16.3. The maximum atomic E-state index is 13.0. The lowest BCUT2D eigenvalue weighted by Gasteiger charge is -2.57. The van der Waals surface area contributed by atoms with Gasteiger partial charge in [0.05, 0.1) is 4.92 Å². The summed E-state index contributed by atoms with van der Waals surface area (Å²) in [5, 5.41) is 14.4. The highest BCUT2D eigenvalue weighted by Gasteiger charge is 2.51. The van der Waals surface area contributed by atoms with Crippen LogP contribution in [0.15, 0.2) is 24.3 Å². The van der Waals surface area contributed by atoms with E-state index >= 15 is 0 Å². The number of non-ortho nitro benzene ring substituents is 1. The second-order valence-corrected chi connectivity index (χ2v) is 9.72. The number of hydrogen-bond donors (Lipinski definition) is 1. The van der Waals surface area contributed by atoms with Crippen LogP contribution in [0.3, 0.4) is 0 Å². The summed E-state index contributed by atoms with van der Waals surface area (Å²) in [7, 11) is 0. The molecule has 1 aliphatic heterocycles. The summed E-state index contributed by atoms with van der Waals surface area (Å²) in [5.41, 5.74) is 1.22. The Hall–Kier alpha value is -2.11. The summed E-state index contributed by atoms with van der Waals surface area (Å²) in [6, 6.07) is 6.74. The number of anilines is 1. The van der Waals surface area contributed by atoms with Crippen LogP contribution in [0.25, 0.3) is 0 Å². The van der Waals surface area contributed by atoms with Gasteiger partial charge in [-0.3, -0.25) is 14.9 Å². The molecule has 4 aliphatic carbocycles. The molecule has 0 atom stereocenters. The van der Waals surface area contributed by atoms with E-state index in [9.17, 15) is 14.9 Å². The third kappa shape index (κ3) is 3.27. The van der Waals surface area contributed by atoms with Crippen LogP contribution in [0.5, 0.6) is 0 Å². The smallest absolute Gasteiger partial charge is 0.269 e. The van der Waals surface area contributed by atoms with Crippen molar-refractivity contribution in [1.29, 1.82) is 0 Å². The van der Waals surface area contributed by atoms with Crippen molar-refractivity contribution in [2.24, 2.45) is 23.7 Å². The molecule has 5 aliphatic rings. The lowest BCUT2D eigenvalue weighted by Crippen LogP contribution is -2.61. The largest absolute Gasteiger partial charge is 0.371 e. The monoisotopic (exact) mass is 383 g/mol. The van der Waals surface area contributed by atoms with Crippen molar-refractivity contribution in [3.05, 3.63) is 34.4 Å². The van der Waals surface area contributed by atoms with Gasteiger partial charge in [-0.15, -0.1) is 0 Å². The Morgan fingerprint density at radius 1 is 1.00 bits per heavy atom. The second kappa shape index (κ2) is 6.75.